The normalized spacial score (nSPS) is 29.3. The summed E-state index contributed by atoms with van der Waals surface area (Å²) in [5, 5.41) is 2.28. The van der Waals surface area contributed by atoms with Crippen molar-refractivity contribution >= 4 is 17.7 Å². The van der Waals surface area contributed by atoms with Crippen molar-refractivity contribution < 1.29 is 23.2 Å². The van der Waals surface area contributed by atoms with Crippen LogP contribution in [-0.2, 0) is 22.7 Å². The van der Waals surface area contributed by atoms with Crippen LogP contribution in [0.3, 0.4) is 0 Å². The van der Waals surface area contributed by atoms with Gasteiger partial charge in [-0.25, -0.2) is 8.78 Å². The summed E-state index contributed by atoms with van der Waals surface area (Å²) in [6.07, 6.45) is 0.469. The van der Waals surface area contributed by atoms with Gasteiger partial charge < -0.3 is 10.6 Å². The highest BCUT2D eigenvalue weighted by Crippen LogP contribution is 2.43. The Hall–Kier alpha value is -2.39. The number of likely N-dealkylation sites (tertiary alicyclic amines) is 1. The molecule has 9 heteroatoms. The molecule has 1 aromatic carbocycles. The maximum Gasteiger partial charge on any atom is 0.268 e. The lowest BCUT2D eigenvalue weighted by Crippen LogP contribution is -2.52. The molecule has 3 aliphatic rings. The first-order valence-corrected chi connectivity index (χ1v) is 9.71. The Labute approximate surface area is 167 Å². The van der Waals surface area contributed by atoms with E-state index in [-0.39, 0.29) is 50.8 Å². The van der Waals surface area contributed by atoms with Crippen molar-refractivity contribution in [2.45, 2.75) is 44.8 Å². The molecule has 2 atom stereocenters. The lowest BCUT2D eigenvalue weighted by atomic mass is 9.86. The summed E-state index contributed by atoms with van der Waals surface area (Å²) < 4.78 is 28.8. The molecule has 2 fully saturated rings. The second-order valence-corrected chi connectivity index (χ2v) is 8.47. The van der Waals surface area contributed by atoms with Crippen LogP contribution in [0.5, 0.6) is 0 Å². The highest BCUT2D eigenvalue weighted by atomic mass is 19.3. The third kappa shape index (κ3) is 3.22. The number of amides is 3. The zero-order valence-electron chi connectivity index (χ0n) is 16.2. The summed E-state index contributed by atoms with van der Waals surface area (Å²) >= 11 is 0. The van der Waals surface area contributed by atoms with E-state index in [4.69, 9.17) is 5.73 Å². The minimum atomic E-state index is -2.90. The molecule has 2 unspecified atom stereocenters. The van der Waals surface area contributed by atoms with Crippen LogP contribution in [-0.4, -0.2) is 59.1 Å². The van der Waals surface area contributed by atoms with Crippen LogP contribution < -0.4 is 11.1 Å². The van der Waals surface area contributed by atoms with Crippen LogP contribution in [0.25, 0.3) is 0 Å². The maximum absolute atomic E-state index is 14.4. The van der Waals surface area contributed by atoms with Crippen molar-refractivity contribution in [1.82, 2.24) is 15.1 Å². The number of carbonyl (C=O) groups is 3. The molecule has 2 saturated heterocycles. The fourth-order valence-electron chi connectivity index (χ4n) is 4.53. The molecule has 29 heavy (non-hydrogen) atoms. The number of halogens is 2. The zero-order valence-corrected chi connectivity index (χ0v) is 16.2. The van der Waals surface area contributed by atoms with Gasteiger partial charge in [0.2, 0.25) is 11.8 Å². The predicted octanol–water partition coefficient (Wildman–Crippen LogP) is 0.863. The average molecular weight is 406 g/mol. The Morgan fingerprint density at radius 2 is 2.00 bits per heavy atom. The van der Waals surface area contributed by atoms with Crippen LogP contribution in [0.2, 0.25) is 0 Å². The molecule has 3 aliphatic heterocycles. The van der Waals surface area contributed by atoms with Gasteiger partial charge in [0, 0.05) is 38.2 Å². The highest BCUT2D eigenvalue weighted by Gasteiger charge is 2.56. The number of rotatable bonds is 4. The minimum Gasteiger partial charge on any atom is -0.330 e. The number of alkyl halides is 2. The number of hydrogen-bond acceptors (Lipinski definition) is 5. The molecule has 0 saturated carbocycles. The Morgan fingerprint density at radius 3 is 2.66 bits per heavy atom. The maximum atomic E-state index is 14.4. The van der Waals surface area contributed by atoms with Gasteiger partial charge in [0.05, 0.1) is 12.0 Å². The number of benzene rings is 1. The molecule has 0 spiro atoms. The van der Waals surface area contributed by atoms with Crippen molar-refractivity contribution in [3.63, 3.8) is 0 Å². The summed E-state index contributed by atoms with van der Waals surface area (Å²) in [4.78, 5) is 39.8. The summed E-state index contributed by atoms with van der Waals surface area (Å²) in [5.74, 6) is -4.00. The summed E-state index contributed by atoms with van der Waals surface area (Å²) in [5.41, 5.74) is 6.22. The molecule has 156 valence electrons. The number of nitrogens with one attached hydrogen (secondary N) is 1. The number of imide groups is 1. The number of piperidine rings is 1. The first kappa shape index (κ1) is 19.9. The van der Waals surface area contributed by atoms with E-state index in [2.05, 4.69) is 5.32 Å². The van der Waals surface area contributed by atoms with E-state index in [1.165, 1.54) is 11.8 Å². The van der Waals surface area contributed by atoms with Gasteiger partial charge >= 0.3 is 0 Å². The number of nitrogens with zero attached hydrogens (tertiary/aromatic N) is 2. The molecular weight excluding hydrogens is 382 g/mol. The number of carbonyl (C=O) groups excluding carboxylic acids is 3. The fourth-order valence-corrected chi connectivity index (χ4v) is 4.53. The van der Waals surface area contributed by atoms with Gasteiger partial charge in [-0.3, -0.25) is 24.6 Å². The Morgan fingerprint density at radius 1 is 1.24 bits per heavy atom. The molecular formula is C20H24F2N4O3. The summed E-state index contributed by atoms with van der Waals surface area (Å²) in [6.45, 7) is 1.58. The van der Waals surface area contributed by atoms with Crippen molar-refractivity contribution in [2.75, 3.05) is 19.6 Å². The van der Waals surface area contributed by atoms with Crippen LogP contribution >= 0.6 is 0 Å². The van der Waals surface area contributed by atoms with E-state index in [0.717, 1.165) is 5.56 Å². The second kappa shape index (κ2) is 6.84. The quantitative estimate of drug-likeness (QED) is 0.724. The van der Waals surface area contributed by atoms with Gasteiger partial charge in [-0.15, -0.1) is 0 Å². The Bertz CT molecular complexity index is 890. The lowest BCUT2D eigenvalue weighted by Gasteiger charge is -2.29. The Kier molecular flexibility index (Phi) is 4.70. The van der Waals surface area contributed by atoms with Crippen molar-refractivity contribution in [3.8, 4) is 0 Å². The van der Waals surface area contributed by atoms with Crippen LogP contribution in [0, 0.1) is 5.41 Å². The van der Waals surface area contributed by atoms with Crippen molar-refractivity contribution in [2.24, 2.45) is 11.1 Å². The Balaban J connectivity index is 1.56. The van der Waals surface area contributed by atoms with Gasteiger partial charge in [-0.05, 0) is 17.5 Å². The first-order chi connectivity index (χ1) is 13.6. The monoisotopic (exact) mass is 406 g/mol. The summed E-state index contributed by atoms with van der Waals surface area (Å²) in [7, 11) is 0. The van der Waals surface area contributed by atoms with Crippen LogP contribution in [0.15, 0.2) is 18.2 Å². The van der Waals surface area contributed by atoms with Crippen molar-refractivity contribution in [1.29, 1.82) is 0 Å². The molecule has 3 heterocycles. The molecule has 1 aromatic rings. The van der Waals surface area contributed by atoms with Gasteiger partial charge in [-0.2, -0.15) is 0 Å². The molecule has 7 nitrogen and oxygen atoms in total. The smallest absolute Gasteiger partial charge is 0.268 e. The fraction of sp³-hybridized carbons (Fsp3) is 0.550. The van der Waals surface area contributed by atoms with E-state index in [0.29, 0.717) is 11.1 Å². The van der Waals surface area contributed by atoms with Gasteiger partial charge in [0.1, 0.15) is 6.04 Å². The number of hydrogen-bond donors (Lipinski definition) is 2. The lowest BCUT2D eigenvalue weighted by molar-refractivity contribution is -0.136. The summed E-state index contributed by atoms with van der Waals surface area (Å²) in [6, 6.07) is 4.68. The number of nitrogens with two attached hydrogens (primary N) is 1. The molecule has 0 aromatic heterocycles. The molecule has 3 amide bonds. The van der Waals surface area contributed by atoms with Gasteiger partial charge in [-0.1, -0.05) is 25.1 Å². The van der Waals surface area contributed by atoms with E-state index in [9.17, 15) is 23.2 Å². The van der Waals surface area contributed by atoms with Gasteiger partial charge in [0.25, 0.3) is 11.8 Å². The minimum absolute atomic E-state index is 0.119. The molecule has 0 bridgehead atoms. The standard InChI is InChI=1S/C20H24F2N4O3/c1-19(9-23)10-25(11-20(19,21)22)7-12-3-2-4-13-8-26(18(29)16(12)13)14-5-6-15(27)24-17(14)28/h2-4,14H,5-11,23H2,1H3,(H,24,27,28). The third-order valence-corrected chi connectivity index (χ3v) is 6.36. The molecule has 0 radical (unpaired) electrons. The molecule has 4 rings (SSSR count). The first-order valence-electron chi connectivity index (χ1n) is 9.71. The van der Waals surface area contributed by atoms with Crippen molar-refractivity contribution in [3.05, 3.63) is 34.9 Å². The third-order valence-electron chi connectivity index (χ3n) is 6.36. The SMILES string of the molecule is CC1(CN)CN(Cc2cccc3c2C(=O)N(C2CCC(=O)NC2=O)C3)CC1(F)F. The van der Waals surface area contributed by atoms with E-state index >= 15 is 0 Å². The molecule has 3 N–H and O–H groups in total. The highest BCUT2D eigenvalue weighted by molar-refractivity contribution is 6.05. The number of fused-ring (bicyclic) bond motifs is 1. The second-order valence-electron chi connectivity index (χ2n) is 8.47. The van der Waals surface area contributed by atoms with E-state index < -0.39 is 29.8 Å². The van der Waals surface area contributed by atoms with Crippen LogP contribution in [0.4, 0.5) is 8.78 Å². The van der Waals surface area contributed by atoms with Crippen LogP contribution in [0.1, 0.15) is 41.3 Å². The van der Waals surface area contributed by atoms with Gasteiger partial charge in [0.15, 0.2) is 0 Å². The van der Waals surface area contributed by atoms with E-state index in [1.54, 1.807) is 17.0 Å². The average Bonchev–Trinajstić information content (AvgIpc) is 3.09. The zero-order chi connectivity index (χ0) is 21.0. The molecule has 0 aliphatic carbocycles. The van der Waals surface area contributed by atoms with E-state index in [1.807, 2.05) is 6.07 Å². The largest absolute Gasteiger partial charge is 0.330 e. The topological polar surface area (TPSA) is 95.7 Å². The predicted molar refractivity (Wildman–Crippen MR) is 99.9 cm³/mol.